The van der Waals surface area contributed by atoms with E-state index in [1.54, 1.807) is 13.0 Å². The summed E-state index contributed by atoms with van der Waals surface area (Å²) in [5, 5.41) is 9.05. The first-order valence-corrected chi connectivity index (χ1v) is 6.78. The van der Waals surface area contributed by atoms with E-state index in [1.807, 2.05) is 6.92 Å². The molecule has 0 bridgehead atoms. The number of hydrogen-bond acceptors (Lipinski definition) is 4. The summed E-state index contributed by atoms with van der Waals surface area (Å²) in [7, 11) is 0. The Balaban J connectivity index is 2.80. The molecule has 0 spiro atoms. The smallest absolute Gasteiger partial charge is 0.335 e. The Bertz CT molecular complexity index is 434. The summed E-state index contributed by atoms with van der Waals surface area (Å²) in [6, 6.07) is 4.40. The van der Waals surface area contributed by atoms with Crippen molar-refractivity contribution in [3.8, 4) is 0 Å². The van der Waals surface area contributed by atoms with Gasteiger partial charge in [0.25, 0.3) is 0 Å². The van der Waals surface area contributed by atoms with Gasteiger partial charge < -0.3 is 14.6 Å². The molecule has 1 aromatic rings. The second-order valence-corrected chi connectivity index (χ2v) is 4.40. The van der Waals surface area contributed by atoms with Crippen LogP contribution in [-0.2, 0) is 27.3 Å². The lowest BCUT2D eigenvalue weighted by atomic mass is 10.0. The van der Waals surface area contributed by atoms with E-state index in [0.717, 1.165) is 12.0 Å². The van der Waals surface area contributed by atoms with Crippen LogP contribution in [0.2, 0.25) is 0 Å². The van der Waals surface area contributed by atoms with E-state index in [1.165, 1.54) is 12.1 Å². The summed E-state index contributed by atoms with van der Waals surface area (Å²) in [4.78, 5) is 11.8. The summed E-state index contributed by atoms with van der Waals surface area (Å²) >= 11 is 0. The highest BCUT2D eigenvalue weighted by atomic mass is 19.1. The summed E-state index contributed by atoms with van der Waals surface area (Å²) in [6.45, 7) is 4.05. The minimum atomic E-state index is -0.702. The van der Waals surface area contributed by atoms with Gasteiger partial charge in [0.2, 0.25) is 0 Å². The predicted octanol–water partition coefficient (Wildman–Crippen LogP) is 2.22. The van der Waals surface area contributed by atoms with Crippen LogP contribution in [0.1, 0.15) is 31.4 Å². The number of benzene rings is 1. The second-order valence-electron chi connectivity index (χ2n) is 4.40. The zero-order valence-electron chi connectivity index (χ0n) is 11.9. The van der Waals surface area contributed by atoms with Gasteiger partial charge in [0.05, 0.1) is 13.2 Å². The number of carbonyl (C=O) groups is 1. The molecule has 0 aliphatic carbocycles. The molecule has 0 saturated carbocycles. The van der Waals surface area contributed by atoms with Crippen molar-refractivity contribution in [1.82, 2.24) is 0 Å². The lowest BCUT2D eigenvalue weighted by Gasteiger charge is -2.16. The van der Waals surface area contributed by atoms with Gasteiger partial charge in [-0.15, -0.1) is 0 Å². The molecular formula is C15H21FO4. The Morgan fingerprint density at radius 1 is 1.40 bits per heavy atom. The first-order chi connectivity index (χ1) is 9.62. The van der Waals surface area contributed by atoms with Crippen molar-refractivity contribution in [1.29, 1.82) is 0 Å². The van der Waals surface area contributed by atoms with E-state index in [0.29, 0.717) is 13.0 Å². The van der Waals surface area contributed by atoms with Gasteiger partial charge in [-0.2, -0.15) is 0 Å². The van der Waals surface area contributed by atoms with Crippen LogP contribution in [-0.4, -0.2) is 30.4 Å². The molecule has 20 heavy (non-hydrogen) atoms. The lowest BCUT2D eigenvalue weighted by molar-refractivity contribution is -0.156. The molecule has 1 rings (SSSR count). The van der Waals surface area contributed by atoms with Crippen molar-refractivity contribution in [3.05, 3.63) is 35.1 Å². The molecule has 0 saturated heterocycles. The van der Waals surface area contributed by atoms with Gasteiger partial charge >= 0.3 is 5.97 Å². The number of rotatable bonds is 8. The normalized spacial score (nSPS) is 12.2. The van der Waals surface area contributed by atoms with Gasteiger partial charge in [0, 0.05) is 18.6 Å². The van der Waals surface area contributed by atoms with Gasteiger partial charge in [0.1, 0.15) is 5.82 Å². The highest BCUT2D eigenvalue weighted by Gasteiger charge is 2.21. The Hall–Kier alpha value is -1.46. The van der Waals surface area contributed by atoms with E-state index in [4.69, 9.17) is 14.6 Å². The number of aliphatic hydroxyl groups excluding tert-OH is 1. The molecular weight excluding hydrogens is 263 g/mol. The van der Waals surface area contributed by atoms with Gasteiger partial charge in [0.15, 0.2) is 6.10 Å². The van der Waals surface area contributed by atoms with E-state index in [9.17, 15) is 9.18 Å². The first-order valence-electron chi connectivity index (χ1n) is 6.78. The van der Waals surface area contributed by atoms with Crippen molar-refractivity contribution >= 4 is 5.97 Å². The fraction of sp³-hybridized carbons (Fsp3) is 0.533. The Labute approximate surface area is 118 Å². The van der Waals surface area contributed by atoms with Gasteiger partial charge in [-0.05, 0) is 25.0 Å². The van der Waals surface area contributed by atoms with Crippen LogP contribution in [0.3, 0.4) is 0 Å². The van der Waals surface area contributed by atoms with E-state index >= 15 is 0 Å². The molecule has 0 heterocycles. The SMILES string of the molecule is CCCOC(Cc1ccc(F)c(CO)c1)C(=O)OCC. The second kappa shape index (κ2) is 8.66. The van der Waals surface area contributed by atoms with Crippen LogP contribution < -0.4 is 0 Å². The molecule has 0 aliphatic rings. The number of carbonyl (C=O) groups excluding carboxylic acids is 1. The number of aliphatic hydroxyl groups is 1. The Morgan fingerprint density at radius 2 is 2.15 bits per heavy atom. The summed E-state index contributed by atoms with van der Waals surface area (Å²) < 4.78 is 23.8. The average Bonchev–Trinajstić information content (AvgIpc) is 2.45. The number of halogens is 1. The van der Waals surface area contributed by atoms with E-state index in [-0.39, 0.29) is 18.8 Å². The molecule has 112 valence electrons. The third-order valence-corrected chi connectivity index (χ3v) is 2.77. The van der Waals surface area contributed by atoms with Crippen molar-refractivity contribution in [3.63, 3.8) is 0 Å². The maximum absolute atomic E-state index is 13.3. The van der Waals surface area contributed by atoms with Crippen LogP contribution in [0.5, 0.6) is 0 Å². The van der Waals surface area contributed by atoms with E-state index in [2.05, 4.69) is 0 Å². The minimum Gasteiger partial charge on any atom is -0.464 e. The fourth-order valence-corrected chi connectivity index (χ4v) is 1.80. The van der Waals surface area contributed by atoms with Crippen LogP contribution in [0.15, 0.2) is 18.2 Å². The summed E-state index contributed by atoms with van der Waals surface area (Å²) in [6.07, 6.45) is 0.389. The summed E-state index contributed by atoms with van der Waals surface area (Å²) in [5.74, 6) is -0.880. The maximum Gasteiger partial charge on any atom is 0.335 e. The molecule has 0 fully saturated rings. The van der Waals surface area contributed by atoms with Crippen molar-refractivity contribution in [2.45, 2.75) is 39.4 Å². The van der Waals surface area contributed by atoms with E-state index < -0.39 is 17.9 Å². The van der Waals surface area contributed by atoms with Crippen LogP contribution in [0.4, 0.5) is 4.39 Å². The van der Waals surface area contributed by atoms with Crippen molar-refractivity contribution in [2.24, 2.45) is 0 Å². The van der Waals surface area contributed by atoms with Gasteiger partial charge in [-0.25, -0.2) is 9.18 Å². The van der Waals surface area contributed by atoms with Gasteiger partial charge in [-0.3, -0.25) is 0 Å². The molecule has 4 nitrogen and oxygen atoms in total. The fourth-order valence-electron chi connectivity index (χ4n) is 1.80. The molecule has 1 atom stereocenters. The lowest BCUT2D eigenvalue weighted by Crippen LogP contribution is -2.29. The summed E-state index contributed by atoms with van der Waals surface area (Å²) in [5.41, 5.74) is 0.935. The molecule has 0 radical (unpaired) electrons. The molecule has 1 unspecified atom stereocenters. The van der Waals surface area contributed by atoms with Crippen LogP contribution >= 0.6 is 0 Å². The predicted molar refractivity (Wildman–Crippen MR) is 72.7 cm³/mol. The first kappa shape index (κ1) is 16.6. The molecule has 0 aromatic heterocycles. The zero-order chi connectivity index (χ0) is 15.0. The van der Waals surface area contributed by atoms with Gasteiger partial charge in [-0.1, -0.05) is 19.1 Å². The highest BCUT2D eigenvalue weighted by Crippen LogP contribution is 2.14. The highest BCUT2D eigenvalue weighted by molar-refractivity contribution is 5.75. The monoisotopic (exact) mass is 284 g/mol. The molecule has 1 N–H and O–H groups in total. The average molecular weight is 284 g/mol. The molecule has 0 amide bonds. The third-order valence-electron chi connectivity index (χ3n) is 2.77. The zero-order valence-corrected chi connectivity index (χ0v) is 11.9. The number of hydrogen-bond donors (Lipinski definition) is 1. The molecule has 0 aliphatic heterocycles. The molecule has 1 aromatic carbocycles. The molecule has 5 heteroatoms. The third kappa shape index (κ3) is 4.90. The largest absolute Gasteiger partial charge is 0.464 e. The van der Waals surface area contributed by atoms with Crippen molar-refractivity contribution < 1.29 is 23.8 Å². The quantitative estimate of drug-likeness (QED) is 0.744. The Morgan fingerprint density at radius 3 is 2.75 bits per heavy atom. The number of ether oxygens (including phenoxy) is 2. The van der Waals surface area contributed by atoms with Crippen LogP contribution in [0.25, 0.3) is 0 Å². The topological polar surface area (TPSA) is 55.8 Å². The maximum atomic E-state index is 13.3. The standard InChI is InChI=1S/C15H21FO4/c1-3-7-20-14(15(18)19-4-2)9-11-5-6-13(16)12(8-11)10-17/h5-6,8,14,17H,3-4,7,9-10H2,1-2H3. The minimum absolute atomic E-state index is 0.209. The van der Waals surface area contributed by atoms with Crippen LogP contribution in [0, 0.1) is 5.82 Å². The van der Waals surface area contributed by atoms with Crippen molar-refractivity contribution in [2.75, 3.05) is 13.2 Å². The Kier molecular flexibility index (Phi) is 7.18. The number of esters is 1.